The van der Waals surface area contributed by atoms with Crippen molar-refractivity contribution in [1.29, 1.82) is 0 Å². The lowest BCUT2D eigenvalue weighted by Gasteiger charge is -2.18. The van der Waals surface area contributed by atoms with Crippen LogP contribution in [0.15, 0.2) is 18.2 Å². The Labute approximate surface area is 111 Å². The van der Waals surface area contributed by atoms with Crippen LogP contribution in [-0.4, -0.2) is 9.78 Å². The van der Waals surface area contributed by atoms with Crippen LogP contribution in [0.4, 0.5) is 14.6 Å². The number of rotatable bonds is 1. The summed E-state index contributed by atoms with van der Waals surface area (Å²) in [6.07, 6.45) is 0. The number of hydrogen-bond donors (Lipinski definition) is 1. The molecular weight excluding hydrogens is 248 g/mol. The van der Waals surface area contributed by atoms with Crippen LogP contribution in [0.2, 0.25) is 0 Å². The van der Waals surface area contributed by atoms with Crippen LogP contribution in [0.25, 0.3) is 11.1 Å². The highest BCUT2D eigenvalue weighted by atomic mass is 19.1. The number of nitrogens with two attached hydrogens (primary N) is 1. The lowest BCUT2D eigenvalue weighted by Crippen LogP contribution is -2.14. The predicted molar refractivity (Wildman–Crippen MR) is 71.7 cm³/mol. The molecule has 0 saturated carbocycles. The molecule has 3 nitrogen and oxygen atoms in total. The van der Waals surface area contributed by atoms with E-state index in [2.05, 4.69) is 5.10 Å². The second-order valence-corrected chi connectivity index (χ2v) is 5.61. The van der Waals surface area contributed by atoms with Gasteiger partial charge in [-0.2, -0.15) is 5.10 Å². The largest absolute Gasteiger partial charge is 0.383 e. The van der Waals surface area contributed by atoms with E-state index in [0.29, 0.717) is 17.1 Å². The van der Waals surface area contributed by atoms with Crippen molar-refractivity contribution in [2.24, 2.45) is 7.05 Å². The zero-order valence-electron chi connectivity index (χ0n) is 11.5. The molecule has 1 heterocycles. The summed E-state index contributed by atoms with van der Waals surface area (Å²) in [4.78, 5) is 0. The minimum absolute atomic E-state index is 0.275. The zero-order chi connectivity index (χ0) is 14.4. The topological polar surface area (TPSA) is 43.8 Å². The number of hydrogen-bond acceptors (Lipinski definition) is 2. The summed E-state index contributed by atoms with van der Waals surface area (Å²) in [6, 6.07) is 3.47. The first-order chi connectivity index (χ1) is 8.71. The Morgan fingerprint density at radius 2 is 1.84 bits per heavy atom. The molecule has 1 aromatic carbocycles. The van der Waals surface area contributed by atoms with Gasteiger partial charge in [0.05, 0.1) is 11.3 Å². The number of benzene rings is 1. The van der Waals surface area contributed by atoms with Crippen LogP contribution in [0.3, 0.4) is 0 Å². The molecule has 2 rings (SSSR count). The van der Waals surface area contributed by atoms with E-state index in [0.717, 1.165) is 6.07 Å². The van der Waals surface area contributed by atoms with Crippen molar-refractivity contribution in [3.05, 3.63) is 35.5 Å². The molecule has 102 valence electrons. The van der Waals surface area contributed by atoms with Gasteiger partial charge in [-0.05, 0) is 12.1 Å². The highest BCUT2D eigenvalue weighted by Crippen LogP contribution is 2.37. The van der Waals surface area contributed by atoms with E-state index in [9.17, 15) is 8.78 Å². The van der Waals surface area contributed by atoms with Crippen LogP contribution in [0.5, 0.6) is 0 Å². The molecule has 0 unspecified atom stereocenters. The summed E-state index contributed by atoms with van der Waals surface area (Å²) in [5.74, 6) is -0.873. The normalized spacial score (nSPS) is 11.9. The molecule has 0 aliphatic rings. The van der Waals surface area contributed by atoms with E-state index in [1.54, 1.807) is 7.05 Å². The maximum Gasteiger partial charge on any atom is 0.134 e. The molecule has 0 spiro atoms. The molecule has 0 amide bonds. The molecule has 2 N–H and O–H groups in total. The molecule has 0 atom stereocenters. The molecule has 2 aromatic rings. The molecule has 0 radical (unpaired) electrons. The molecule has 0 fully saturated rings. The van der Waals surface area contributed by atoms with Gasteiger partial charge in [0.25, 0.3) is 0 Å². The van der Waals surface area contributed by atoms with E-state index in [1.165, 1.54) is 16.8 Å². The average molecular weight is 265 g/mol. The van der Waals surface area contributed by atoms with E-state index >= 15 is 0 Å². The Morgan fingerprint density at radius 3 is 2.37 bits per heavy atom. The van der Waals surface area contributed by atoms with Gasteiger partial charge in [-0.15, -0.1) is 0 Å². The molecule has 5 heteroatoms. The Morgan fingerprint density at radius 1 is 1.21 bits per heavy atom. The maximum absolute atomic E-state index is 14.0. The van der Waals surface area contributed by atoms with Crippen molar-refractivity contribution in [3.8, 4) is 11.1 Å². The standard InChI is InChI=1S/C14H17F2N3/c1-14(2,3)12-11(13(17)19(4)18-12)9-6-5-8(15)7-10(9)16/h5-7H,17H2,1-4H3. The zero-order valence-corrected chi connectivity index (χ0v) is 11.5. The molecule has 0 aliphatic heterocycles. The van der Waals surface area contributed by atoms with Crippen molar-refractivity contribution in [1.82, 2.24) is 9.78 Å². The second-order valence-electron chi connectivity index (χ2n) is 5.61. The van der Waals surface area contributed by atoms with Gasteiger partial charge in [0.15, 0.2) is 0 Å². The molecule has 0 saturated heterocycles. The SMILES string of the molecule is Cn1nc(C(C)(C)C)c(-c2ccc(F)cc2F)c1N. The number of nitrogen functional groups attached to an aromatic ring is 1. The Hall–Kier alpha value is -1.91. The van der Waals surface area contributed by atoms with E-state index in [4.69, 9.17) is 5.73 Å². The smallest absolute Gasteiger partial charge is 0.134 e. The van der Waals surface area contributed by atoms with E-state index in [1.807, 2.05) is 20.8 Å². The first-order valence-electron chi connectivity index (χ1n) is 6.00. The second kappa shape index (κ2) is 4.33. The summed E-state index contributed by atoms with van der Waals surface area (Å²) < 4.78 is 28.5. The Balaban J connectivity index is 2.74. The van der Waals surface area contributed by atoms with Crippen molar-refractivity contribution in [3.63, 3.8) is 0 Å². The number of halogens is 2. The number of aromatic nitrogens is 2. The van der Waals surface area contributed by atoms with Crippen molar-refractivity contribution in [2.45, 2.75) is 26.2 Å². The summed E-state index contributed by atoms with van der Waals surface area (Å²) in [7, 11) is 1.70. The highest BCUT2D eigenvalue weighted by Gasteiger charge is 2.27. The molecular formula is C14H17F2N3. The van der Waals surface area contributed by atoms with Gasteiger partial charge >= 0.3 is 0 Å². The first-order valence-corrected chi connectivity index (χ1v) is 6.00. The van der Waals surface area contributed by atoms with Crippen LogP contribution < -0.4 is 5.73 Å². The van der Waals surface area contributed by atoms with Gasteiger partial charge in [-0.3, -0.25) is 4.68 Å². The quantitative estimate of drug-likeness (QED) is 0.860. The fraction of sp³-hybridized carbons (Fsp3) is 0.357. The number of aryl methyl sites for hydroxylation is 1. The monoisotopic (exact) mass is 265 g/mol. The molecule has 19 heavy (non-hydrogen) atoms. The average Bonchev–Trinajstić information content (AvgIpc) is 2.56. The van der Waals surface area contributed by atoms with Gasteiger partial charge in [0.2, 0.25) is 0 Å². The van der Waals surface area contributed by atoms with E-state index < -0.39 is 11.6 Å². The van der Waals surface area contributed by atoms with Gasteiger partial charge in [0, 0.05) is 24.1 Å². The van der Waals surface area contributed by atoms with Crippen molar-refractivity contribution < 1.29 is 8.78 Å². The van der Waals surface area contributed by atoms with E-state index in [-0.39, 0.29) is 11.0 Å². The fourth-order valence-electron chi connectivity index (χ4n) is 2.02. The Kier molecular flexibility index (Phi) is 3.08. The summed E-state index contributed by atoms with van der Waals surface area (Å²) >= 11 is 0. The van der Waals surface area contributed by atoms with Crippen LogP contribution in [0.1, 0.15) is 26.5 Å². The summed E-state index contributed by atoms with van der Waals surface area (Å²) in [6.45, 7) is 5.92. The predicted octanol–water partition coefficient (Wildman–Crippen LogP) is 3.25. The highest BCUT2D eigenvalue weighted by molar-refractivity contribution is 5.78. The van der Waals surface area contributed by atoms with Gasteiger partial charge in [-0.1, -0.05) is 20.8 Å². The van der Waals surface area contributed by atoms with Gasteiger partial charge < -0.3 is 5.73 Å². The van der Waals surface area contributed by atoms with Gasteiger partial charge in [0.1, 0.15) is 17.5 Å². The molecule has 0 aliphatic carbocycles. The maximum atomic E-state index is 14.0. The van der Waals surface area contributed by atoms with Gasteiger partial charge in [-0.25, -0.2) is 8.78 Å². The third-order valence-electron chi connectivity index (χ3n) is 3.00. The third kappa shape index (κ3) is 2.32. The fourth-order valence-corrected chi connectivity index (χ4v) is 2.02. The number of anilines is 1. The summed E-state index contributed by atoms with van der Waals surface area (Å²) in [5, 5.41) is 4.35. The minimum atomic E-state index is -0.634. The van der Waals surface area contributed by atoms with Crippen molar-refractivity contribution in [2.75, 3.05) is 5.73 Å². The van der Waals surface area contributed by atoms with Crippen LogP contribution in [-0.2, 0) is 12.5 Å². The number of nitrogens with zero attached hydrogens (tertiary/aromatic N) is 2. The molecule has 1 aromatic heterocycles. The van der Waals surface area contributed by atoms with Crippen LogP contribution >= 0.6 is 0 Å². The minimum Gasteiger partial charge on any atom is -0.383 e. The van der Waals surface area contributed by atoms with Crippen molar-refractivity contribution >= 4 is 5.82 Å². The lowest BCUT2D eigenvalue weighted by atomic mass is 9.87. The molecule has 0 bridgehead atoms. The Bertz CT molecular complexity index is 624. The van der Waals surface area contributed by atoms with Crippen LogP contribution in [0, 0.1) is 11.6 Å². The third-order valence-corrected chi connectivity index (χ3v) is 3.00. The summed E-state index contributed by atoms with van der Waals surface area (Å²) in [5.41, 5.74) is 7.20. The lowest BCUT2D eigenvalue weighted by molar-refractivity contribution is 0.553. The first kappa shape index (κ1) is 13.5.